The third-order valence-corrected chi connectivity index (χ3v) is 2.16. The van der Waals surface area contributed by atoms with Gasteiger partial charge in [-0.05, 0) is 32.3 Å². The van der Waals surface area contributed by atoms with Gasteiger partial charge < -0.3 is 9.64 Å². The van der Waals surface area contributed by atoms with E-state index in [0.29, 0.717) is 22.9 Å². The first kappa shape index (κ1) is 12.0. The summed E-state index contributed by atoms with van der Waals surface area (Å²) in [5.41, 5.74) is 0.527. The monoisotopic (exact) mass is 227 g/mol. The number of carbonyl (C=O) groups excluding carboxylic acids is 1. The van der Waals surface area contributed by atoms with Gasteiger partial charge in [-0.1, -0.05) is 11.6 Å². The van der Waals surface area contributed by atoms with Gasteiger partial charge in [0.05, 0.1) is 19.2 Å². The maximum absolute atomic E-state index is 11.8. The molecule has 0 aliphatic heterocycles. The molecule has 82 valence electrons. The second-order valence-corrected chi connectivity index (χ2v) is 3.94. The smallest absolute Gasteiger partial charge is 0.180 e. The summed E-state index contributed by atoms with van der Waals surface area (Å²) in [7, 11) is 5.22. The molecule has 0 heterocycles. The Balaban J connectivity index is 3.00. The molecule has 1 aromatic carbocycles. The Labute approximate surface area is 94.6 Å². The van der Waals surface area contributed by atoms with Crippen LogP contribution in [0.3, 0.4) is 0 Å². The normalized spacial score (nSPS) is 10.5. The van der Waals surface area contributed by atoms with Gasteiger partial charge in [0.25, 0.3) is 0 Å². The van der Waals surface area contributed by atoms with Crippen LogP contribution in [0.1, 0.15) is 10.4 Å². The summed E-state index contributed by atoms with van der Waals surface area (Å²) in [6.45, 7) is 0.344. The predicted octanol–water partition coefficient (Wildman–Crippen LogP) is 2.09. The second-order valence-electron chi connectivity index (χ2n) is 3.51. The molecule has 0 atom stereocenters. The van der Waals surface area contributed by atoms with Crippen LogP contribution in [0.4, 0.5) is 0 Å². The third-order valence-electron chi connectivity index (χ3n) is 1.92. The molecule has 0 saturated carbocycles. The highest BCUT2D eigenvalue weighted by molar-refractivity contribution is 6.31. The largest absolute Gasteiger partial charge is 0.496 e. The molecule has 0 aliphatic rings. The number of rotatable bonds is 4. The fraction of sp³-hybridized carbons (Fsp3) is 0.364. The molecule has 15 heavy (non-hydrogen) atoms. The van der Waals surface area contributed by atoms with Crippen molar-refractivity contribution in [3.8, 4) is 5.75 Å². The van der Waals surface area contributed by atoms with Crippen LogP contribution in [-0.2, 0) is 0 Å². The highest BCUT2D eigenvalue weighted by Gasteiger charge is 2.13. The maximum Gasteiger partial charge on any atom is 0.180 e. The van der Waals surface area contributed by atoms with Crippen molar-refractivity contribution in [2.24, 2.45) is 0 Å². The zero-order valence-electron chi connectivity index (χ0n) is 9.08. The van der Waals surface area contributed by atoms with Crippen molar-refractivity contribution >= 4 is 17.4 Å². The molecule has 4 heteroatoms. The van der Waals surface area contributed by atoms with Gasteiger partial charge >= 0.3 is 0 Å². The van der Waals surface area contributed by atoms with Crippen molar-refractivity contribution in [3.05, 3.63) is 28.8 Å². The number of halogens is 1. The number of hydrogen-bond acceptors (Lipinski definition) is 3. The molecule has 0 spiro atoms. The van der Waals surface area contributed by atoms with E-state index in [1.54, 1.807) is 18.2 Å². The quantitative estimate of drug-likeness (QED) is 0.738. The van der Waals surface area contributed by atoms with Gasteiger partial charge in [0.15, 0.2) is 5.78 Å². The van der Waals surface area contributed by atoms with Gasteiger partial charge in [-0.25, -0.2) is 0 Å². The van der Waals surface area contributed by atoms with Crippen LogP contribution in [0.15, 0.2) is 18.2 Å². The minimum Gasteiger partial charge on any atom is -0.496 e. The first-order valence-electron chi connectivity index (χ1n) is 4.56. The van der Waals surface area contributed by atoms with E-state index >= 15 is 0 Å². The molecule has 0 unspecified atom stereocenters. The van der Waals surface area contributed by atoms with Gasteiger partial charge in [0.1, 0.15) is 5.75 Å². The summed E-state index contributed by atoms with van der Waals surface area (Å²) >= 11 is 5.83. The van der Waals surface area contributed by atoms with Crippen molar-refractivity contribution in [1.82, 2.24) is 4.90 Å². The van der Waals surface area contributed by atoms with Crippen LogP contribution >= 0.6 is 11.6 Å². The SMILES string of the molecule is COc1ccc(Cl)cc1C(=O)CN(C)C. The summed E-state index contributed by atoms with van der Waals surface area (Å²) in [5.74, 6) is 0.561. The highest BCUT2D eigenvalue weighted by Crippen LogP contribution is 2.23. The molecule has 0 aromatic heterocycles. The molecule has 0 N–H and O–H groups in total. The van der Waals surface area contributed by atoms with E-state index in [2.05, 4.69) is 0 Å². The lowest BCUT2D eigenvalue weighted by Gasteiger charge is -2.11. The predicted molar refractivity (Wildman–Crippen MR) is 60.9 cm³/mol. The van der Waals surface area contributed by atoms with E-state index in [4.69, 9.17) is 16.3 Å². The van der Waals surface area contributed by atoms with Crippen molar-refractivity contribution in [3.63, 3.8) is 0 Å². The first-order valence-corrected chi connectivity index (χ1v) is 4.94. The number of Topliss-reactive ketones (excluding diaryl/α,β-unsaturated/α-hetero) is 1. The van der Waals surface area contributed by atoms with Crippen molar-refractivity contribution < 1.29 is 9.53 Å². The molecular weight excluding hydrogens is 214 g/mol. The summed E-state index contributed by atoms with van der Waals surface area (Å²) in [6.07, 6.45) is 0. The number of ether oxygens (including phenoxy) is 1. The van der Waals surface area contributed by atoms with Crippen LogP contribution in [0.25, 0.3) is 0 Å². The first-order chi connectivity index (χ1) is 7.04. The molecule has 0 radical (unpaired) electrons. The number of benzene rings is 1. The van der Waals surface area contributed by atoms with Gasteiger partial charge in [-0.3, -0.25) is 4.79 Å². The Kier molecular flexibility index (Phi) is 4.12. The number of hydrogen-bond donors (Lipinski definition) is 0. The van der Waals surface area contributed by atoms with Gasteiger partial charge in [-0.15, -0.1) is 0 Å². The molecule has 0 saturated heterocycles. The second kappa shape index (κ2) is 5.14. The zero-order valence-corrected chi connectivity index (χ0v) is 9.84. The van der Waals surface area contributed by atoms with Crippen molar-refractivity contribution in [2.45, 2.75) is 0 Å². The van der Waals surface area contributed by atoms with E-state index in [1.807, 2.05) is 19.0 Å². The average Bonchev–Trinajstić information content (AvgIpc) is 2.16. The fourth-order valence-corrected chi connectivity index (χ4v) is 1.44. The molecule has 1 rings (SSSR count). The molecular formula is C11H14ClNO2. The van der Waals surface area contributed by atoms with Crippen LogP contribution in [0.2, 0.25) is 5.02 Å². The summed E-state index contributed by atoms with van der Waals surface area (Å²) in [5, 5.41) is 0.540. The molecule has 0 fully saturated rings. The molecule has 0 bridgehead atoms. The Morgan fingerprint density at radius 3 is 2.67 bits per heavy atom. The minimum absolute atomic E-state index is 0.000602. The Morgan fingerprint density at radius 2 is 2.13 bits per heavy atom. The summed E-state index contributed by atoms with van der Waals surface area (Å²) in [6, 6.07) is 5.03. The lowest BCUT2D eigenvalue weighted by molar-refractivity contribution is 0.0955. The number of likely N-dealkylation sites (N-methyl/N-ethyl adjacent to an activating group) is 1. The van der Waals surface area contributed by atoms with E-state index in [1.165, 1.54) is 7.11 Å². The molecule has 0 amide bonds. The minimum atomic E-state index is -0.000602. The number of nitrogens with zero attached hydrogens (tertiary/aromatic N) is 1. The molecule has 3 nitrogen and oxygen atoms in total. The van der Waals surface area contributed by atoms with Crippen LogP contribution in [-0.4, -0.2) is 38.4 Å². The van der Waals surface area contributed by atoms with Gasteiger partial charge in [-0.2, -0.15) is 0 Å². The van der Waals surface area contributed by atoms with Gasteiger partial charge in [0, 0.05) is 5.02 Å². The maximum atomic E-state index is 11.8. The third kappa shape index (κ3) is 3.22. The zero-order chi connectivity index (χ0) is 11.4. The molecule has 1 aromatic rings. The van der Waals surface area contributed by atoms with Crippen LogP contribution < -0.4 is 4.74 Å². The van der Waals surface area contributed by atoms with Gasteiger partial charge in [0.2, 0.25) is 0 Å². The Morgan fingerprint density at radius 1 is 1.47 bits per heavy atom. The lowest BCUT2D eigenvalue weighted by atomic mass is 10.1. The Bertz CT molecular complexity index is 364. The topological polar surface area (TPSA) is 29.5 Å². The van der Waals surface area contributed by atoms with Crippen LogP contribution in [0, 0.1) is 0 Å². The Hall–Kier alpha value is -1.06. The van der Waals surface area contributed by atoms with Crippen molar-refractivity contribution in [1.29, 1.82) is 0 Å². The van der Waals surface area contributed by atoms with Crippen molar-refractivity contribution in [2.75, 3.05) is 27.7 Å². The molecule has 0 aliphatic carbocycles. The van der Waals surface area contributed by atoms with E-state index in [9.17, 15) is 4.79 Å². The standard InChI is InChI=1S/C11H14ClNO2/c1-13(2)7-10(14)9-6-8(12)4-5-11(9)15-3/h4-6H,7H2,1-3H3. The summed E-state index contributed by atoms with van der Waals surface area (Å²) < 4.78 is 5.11. The van der Waals surface area contributed by atoms with Crippen LogP contribution in [0.5, 0.6) is 5.75 Å². The van der Waals surface area contributed by atoms with E-state index in [-0.39, 0.29) is 5.78 Å². The fourth-order valence-electron chi connectivity index (χ4n) is 1.27. The summed E-state index contributed by atoms with van der Waals surface area (Å²) in [4.78, 5) is 13.6. The number of methoxy groups -OCH3 is 1. The van der Waals surface area contributed by atoms with E-state index in [0.717, 1.165) is 0 Å². The number of ketones is 1. The average molecular weight is 228 g/mol. The lowest BCUT2D eigenvalue weighted by Crippen LogP contribution is -2.22. The van der Waals surface area contributed by atoms with E-state index < -0.39 is 0 Å². The number of carbonyl (C=O) groups is 1. The highest BCUT2D eigenvalue weighted by atomic mass is 35.5.